The van der Waals surface area contributed by atoms with E-state index in [2.05, 4.69) is 18.0 Å². The third kappa shape index (κ3) is 1.92. The molecular formula is C12H14N2O. The maximum atomic E-state index is 5.69. The van der Waals surface area contributed by atoms with Gasteiger partial charge in [0, 0.05) is 5.56 Å². The van der Waals surface area contributed by atoms with Crippen molar-refractivity contribution in [3.63, 3.8) is 0 Å². The Morgan fingerprint density at radius 2 is 2.07 bits per heavy atom. The Hall–Kier alpha value is -1.61. The van der Waals surface area contributed by atoms with Crippen molar-refractivity contribution in [2.75, 3.05) is 0 Å². The first-order valence-electron chi connectivity index (χ1n) is 4.95. The summed E-state index contributed by atoms with van der Waals surface area (Å²) in [4.78, 5) is 4.35. The van der Waals surface area contributed by atoms with Crippen LogP contribution >= 0.6 is 0 Å². The van der Waals surface area contributed by atoms with Crippen LogP contribution in [0.5, 0.6) is 0 Å². The predicted molar refractivity (Wildman–Crippen MR) is 59.3 cm³/mol. The Morgan fingerprint density at radius 3 is 2.67 bits per heavy atom. The van der Waals surface area contributed by atoms with E-state index in [1.54, 1.807) is 6.26 Å². The Morgan fingerprint density at radius 1 is 1.33 bits per heavy atom. The van der Waals surface area contributed by atoms with E-state index in [4.69, 9.17) is 10.2 Å². The molecule has 0 aliphatic rings. The zero-order valence-corrected chi connectivity index (χ0v) is 8.90. The van der Waals surface area contributed by atoms with Crippen LogP contribution in [0.25, 0.3) is 11.3 Å². The molecule has 2 N–H and O–H groups in total. The van der Waals surface area contributed by atoms with E-state index in [9.17, 15) is 0 Å². The molecule has 0 aliphatic heterocycles. The van der Waals surface area contributed by atoms with E-state index in [0.29, 0.717) is 5.89 Å². The van der Waals surface area contributed by atoms with Gasteiger partial charge in [-0.3, -0.25) is 0 Å². The Balaban J connectivity index is 2.42. The Bertz CT molecular complexity index is 460. The number of hydrogen-bond acceptors (Lipinski definition) is 3. The minimum absolute atomic E-state index is 0.164. The average molecular weight is 202 g/mol. The van der Waals surface area contributed by atoms with Crippen molar-refractivity contribution in [2.24, 2.45) is 5.73 Å². The van der Waals surface area contributed by atoms with Gasteiger partial charge in [0.1, 0.15) is 12.0 Å². The summed E-state index contributed by atoms with van der Waals surface area (Å²) in [7, 11) is 0. The molecule has 2 rings (SSSR count). The summed E-state index contributed by atoms with van der Waals surface area (Å²) >= 11 is 0. The van der Waals surface area contributed by atoms with Crippen LogP contribution in [0.1, 0.15) is 24.4 Å². The second-order valence-electron chi connectivity index (χ2n) is 3.67. The quantitative estimate of drug-likeness (QED) is 0.814. The third-order valence-corrected chi connectivity index (χ3v) is 2.33. The Labute approximate surface area is 88.9 Å². The molecule has 3 nitrogen and oxygen atoms in total. The minimum atomic E-state index is -0.164. The van der Waals surface area contributed by atoms with Gasteiger partial charge in [-0.2, -0.15) is 0 Å². The van der Waals surface area contributed by atoms with Crippen LogP contribution in [-0.2, 0) is 0 Å². The number of oxazole rings is 1. The first-order chi connectivity index (χ1) is 7.18. The van der Waals surface area contributed by atoms with E-state index in [0.717, 1.165) is 11.3 Å². The molecule has 0 amide bonds. The van der Waals surface area contributed by atoms with E-state index in [1.807, 2.05) is 25.1 Å². The van der Waals surface area contributed by atoms with Crippen LogP contribution < -0.4 is 5.73 Å². The second kappa shape index (κ2) is 3.87. The lowest BCUT2D eigenvalue weighted by Crippen LogP contribution is -2.04. The summed E-state index contributed by atoms with van der Waals surface area (Å²) in [5, 5.41) is 0. The van der Waals surface area contributed by atoms with Gasteiger partial charge in [0.25, 0.3) is 0 Å². The van der Waals surface area contributed by atoms with E-state index >= 15 is 0 Å². The number of aryl methyl sites for hydroxylation is 1. The summed E-state index contributed by atoms with van der Waals surface area (Å²) < 4.78 is 5.30. The maximum absolute atomic E-state index is 5.69. The molecule has 0 radical (unpaired) electrons. The van der Waals surface area contributed by atoms with Crippen LogP contribution in [0.15, 0.2) is 34.9 Å². The summed E-state index contributed by atoms with van der Waals surface area (Å²) in [5.41, 5.74) is 8.81. The molecule has 1 heterocycles. The van der Waals surface area contributed by atoms with Gasteiger partial charge in [-0.1, -0.05) is 24.3 Å². The lowest BCUT2D eigenvalue weighted by molar-refractivity contribution is 0.464. The fourth-order valence-electron chi connectivity index (χ4n) is 1.48. The first kappa shape index (κ1) is 9.93. The van der Waals surface area contributed by atoms with Crippen molar-refractivity contribution in [2.45, 2.75) is 19.9 Å². The van der Waals surface area contributed by atoms with E-state index < -0.39 is 0 Å². The average Bonchev–Trinajstić information content (AvgIpc) is 2.67. The Kier molecular flexibility index (Phi) is 2.56. The van der Waals surface area contributed by atoms with Gasteiger partial charge in [-0.05, 0) is 19.4 Å². The maximum Gasteiger partial charge on any atom is 0.211 e. The van der Waals surface area contributed by atoms with Gasteiger partial charge < -0.3 is 10.2 Å². The molecule has 0 aliphatic carbocycles. The molecule has 1 aromatic carbocycles. The monoisotopic (exact) mass is 202 g/mol. The molecule has 0 bridgehead atoms. The fourth-order valence-corrected chi connectivity index (χ4v) is 1.48. The number of nitrogens with two attached hydrogens (primary N) is 1. The van der Waals surface area contributed by atoms with Gasteiger partial charge >= 0.3 is 0 Å². The van der Waals surface area contributed by atoms with Crippen molar-refractivity contribution in [3.05, 3.63) is 42.0 Å². The standard InChI is InChI=1S/C12H14N2O/c1-8-5-3-4-6-10(8)11-7-15-12(14-11)9(2)13/h3-7,9H,13H2,1-2H3. The highest BCUT2D eigenvalue weighted by Crippen LogP contribution is 2.23. The highest BCUT2D eigenvalue weighted by molar-refractivity contribution is 5.62. The van der Waals surface area contributed by atoms with Crippen LogP contribution in [-0.4, -0.2) is 4.98 Å². The largest absolute Gasteiger partial charge is 0.447 e. The molecule has 3 heteroatoms. The van der Waals surface area contributed by atoms with Gasteiger partial charge in [-0.25, -0.2) is 4.98 Å². The number of nitrogens with zero attached hydrogens (tertiary/aromatic N) is 1. The predicted octanol–water partition coefficient (Wildman–Crippen LogP) is 2.67. The summed E-state index contributed by atoms with van der Waals surface area (Å²) in [6.07, 6.45) is 1.65. The van der Waals surface area contributed by atoms with E-state index in [-0.39, 0.29) is 6.04 Å². The summed E-state index contributed by atoms with van der Waals surface area (Å²) in [5.74, 6) is 0.577. The van der Waals surface area contributed by atoms with Gasteiger partial charge in [0.05, 0.1) is 6.04 Å². The first-order valence-corrected chi connectivity index (χ1v) is 4.95. The second-order valence-corrected chi connectivity index (χ2v) is 3.67. The number of benzene rings is 1. The molecule has 78 valence electrons. The molecule has 0 saturated heterocycles. The molecule has 2 aromatic rings. The van der Waals surface area contributed by atoms with Crippen molar-refractivity contribution in [1.82, 2.24) is 4.98 Å². The zero-order chi connectivity index (χ0) is 10.8. The van der Waals surface area contributed by atoms with Crippen LogP contribution in [0.4, 0.5) is 0 Å². The van der Waals surface area contributed by atoms with Gasteiger partial charge in [-0.15, -0.1) is 0 Å². The van der Waals surface area contributed by atoms with Gasteiger partial charge in [0.15, 0.2) is 0 Å². The zero-order valence-electron chi connectivity index (χ0n) is 8.90. The van der Waals surface area contributed by atoms with Crippen LogP contribution in [0.3, 0.4) is 0 Å². The molecule has 0 spiro atoms. The van der Waals surface area contributed by atoms with Crippen molar-refractivity contribution >= 4 is 0 Å². The highest BCUT2D eigenvalue weighted by Gasteiger charge is 2.10. The molecule has 0 saturated carbocycles. The topological polar surface area (TPSA) is 52.0 Å². The lowest BCUT2D eigenvalue weighted by Gasteiger charge is -2.00. The number of hydrogen-bond donors (Lipinski definition) is 1. The molecule has 0 fully saturated rings. The van der Waals surface area contributed by atoms with E-state index in [1.165, 1.54) is 5.56 Å². The minimum Gasteiger partial charge on any atom is -0.447 e. The van der Waals surface area contributed by atoms with Gasteiger partial charge in [0.2, 0.25) is 5.89 Å². The summed E-state index contributed by atoms with van der Waals surface area (Å²) in [6, 6.07) is 7.91. The number of rotatable bonds is 2. The third-order valence-electron chi connectivity index (χ3n) is 2.33. The van der Waals surface area contributed by atoms with Crippen LogP contribution in [0, 0.1) is 6.92 Å². The van der Waals surface area contributed by atoms with Crippen LogP contribution in [0.2, 0.25) is 0 Å². The molecule has 15 heavy (non-hydrogen) atoms. The smallest absolute Gasteiger partial charge is 0.211 e. The molecule has 1 unspecified atom stereocenters. The van der Waals surface area contributed by atoms with Crippen molar-refractivity contribution in [3.8, 4) is 11.3 Å². The van der Waals surface area contributed by atoms with Crippen molar-refractivity contribution in [1.29, 1.82) is 0 Å². The molecule has 1 atom stereocenters. The SMILES string of the molecule is Cc1ccccc1-c1coc(C(C)N)n1. The summed E-state index contributed by atoms with van der Waals surface area (Å²) in [6.45, 7) is 3.91. The number of aromatic nitrogens is 1. The lowest BCUT2D eigenvalue weighted by atomic mass is 10.1. The van der Waals surface area contributed by atoms with Crippen molar-refractivity contribution < 1.29 is 4.42 Å². The molecule has 1 aromatic heterocycles. The normalized spacial score (nSPS) is 12.7. The molecular weight excluding hydrogens is 188 g/mol. The fraction of sp³-hybridized carbons (Fsp3) is 0.250. The highest BCUT2D eigenvalue weighted by atomic mass is 16.3.